The van der Waals surface area contributed by atoms with Crippen molar-refractivity contribution in [1.29, 1.82) is 0 Å². The minimum absolute atomic E-state index is 0.220. The van der Waals surface area contributed by atoms with Gasteiger partial charge < -0.3 is 15.7 Å². The van der Waals surface area contributed by atoms with Crippen LogP contribution < -0.4 is 10.6 Å². The molecule has 1 aromatic rings. The zero-order valence-electron chi connectivity index (χ0n) is 10.4. The summed E-state index contributed by atoms with van der Waals surface area (Å²) in [5.74, 6) is 0. The molecule has 4 nitrogen and oxygen atoms in total. The topological polar surface area (TPSA) is 61.4 Å². The summed E-state index contributed by atoms with van der Waals surface area (Å²) in [6.45, 7) is 2.69. The van der Waals surface area contributed by atoms with Gasteiger partial charge in [0.1, 0.15) is 0 Å². The van der Waals surface area contributed by atoms with Crippen molar-refractivity contribution in [3.63, 3.8) is 0 Å². The molecule has 2 amide bonds. The van der Waals surface area contributed by atoms with Crippen LogP contribution in [-0.4, -0.2) is 30.3 Å². The van der Waals surface area contributed by atoms with Crippen molar-refractivity contribution in [3.05, 3.63) is 34.9 Å². The second-order valence-corrected chi connectivity index (χ2v) is 4.57. The van der Waals surface area contributed by atoms with Crippen molar-refractivity contribution >= 4 is 17.6 Å². The maximum absolute atomic E-state index is 11.4. The standard InChI is InChI=1S/C13H19ClN2O2/c1-10(17)6-8-15-13(18)16-9-7-11-4-2-3-5-12(11)14/h2-5,10,17H,6-9H2,1H3,(H2,15,16,18). The Morgan fingerprint density at radius 3 is 2.67 bits per heavy atom. The quantitative estimate of drug-likeness (QED) is 0.740. The predicted molar refractivity (Wildman–Crippen MR) is 72.9 cm³/mol. The summed E-state index contributed by atoms with van der Waals surface area (Å²) in [4.78, 5) is 11.4. The zero-order chi connectivity index (χ0) is 13.4. The first-order valence-corrected chi connectivity index (χ1v) is 6.40. The van der Waals surface area contributed by atoms with Crippen molar-refractivity contribution in [2.24, 2.45) is 0 Å². The van der Waals surface area contributed by atoms with Crippen molar-refractivity contribution in [1.82, 2.24) is 10.6 Å². The first-order valence-electron chi connectivity index (χ1n) is 6.02. The zero-order valence-corrected chi connectivity index (χ0v) is 11.2. The molecule has 0 spiro atoms. The van der Waals surface area contributed by atoms with Crippen LogP contribution in [-0.2, 0) is 6.42 Å². The van der Waals surface area contributed by atoms with Crippen LogP contribution >= 0.6 is 11.6 Å². The molecule has 0 radical (unpaired) electrons. The molecule has 1 unspecified atom stereocenters. The lowest BCUT2D eigenvalue weighted by Gasteiger charge is -2.09. The fraction of sp³-hybridized carbons (Fsp3) is 0.462. The van der Waals surface area contributed by atoms with Gasteiger partial charge >= 0.3 is 6.03 Å². The number of hydrogen-bond acceptors (Lipinski definition) is 2. The number of urea groups is 1. The van der Waals surface area contributed by atoms with E-state index < -0.39 is 6.10 Å². The number of nitrogens with one attached hydrogen (secondary N) is 2. The number of halogens is 1. The van der Waals surface area contributed by atoms with Crippen LogP contribution in [0.25, 0.3) is 0 Å². The van der Waals surface area contributed by atoms with Crippen molar-refractivity contribution in [2.45, 2.75) is 25.9 Å². The predicted octanol–water partition coefficient (Wildman–Crippen LogP) is 1.95. The summed E-state index contributed by atoms with van der Waals surface area (Å²) >= 11 is 6.00. The van der Waals surface area contributed by atoms with Crippen LogP contribution in [0, 0.1) is 0 Å². The third kappa shape index (κ3) is 5.89. The van der Waals surface area contributed by atoms with Gasteiger partial charge in [0.15, 0.2) is 0 Å². The summed E-state index contributed by atoms with van der Waals surface area (Å²) in [6, 6.07) is 7.35. The van der Waals surface area contributed by atoms with E-state index in [1.54, 1.807) is 6.92 Å². The third-order valence-electron chi connectivity index (χ3n) is 2.49. The Morgan fingerprint density at radius 2 is 2.00 bits per heavy atom. The average molecular weight is 271 g/mol. The fourth-order valence-corrected chi connectivity index (χ4v) is 1.70. The number of carbonyl (C=O) groups is 1. The lowest BCUT2D eigenvalue weighted by atomic mass is 10.1. The highest BCUT2D eigenvalue weighted by Crippen LogP contribution is 2.14. The van der Waals surface area contributed by atoms with Gasteiger partial charge in [-0.05, 0) is 31.4 Å². The number of amides is 2. The molecular formula is C13H19ClN2O2. The second kappa shape index (κ2) is 7.95. The summed E-state index contributed by atoms with van der Waals surface area (Å²) in [5, 5.41) is 15.2. The summed E-state index contributed by atoms with van der Waals surface area (Å²) in [6.07, 6.45) is 0.856. The lowest BCUT2D eigenvalue weighted by molar-refractivity contribution is 0.183. The van der Waals surface area contributed by atoms with E-state index in [-0.39, 0.29) is 6.03 Å². The number of aliphatic hydroxyl groups excluding tert-OH is 1. The van der Waals surface area contributed by atoms with E-state index in [2.05, 4.69) is 10.6 Å². The summed E-state index contributed by atoms with van der Waals surface area (Å²) in [5.41, 5.74) is 1.02. The van der Waals surface area contributed by atoms with E-state index in [9.17, 15) is 4.79 Å². The molecule has 0 aliphatic carbocycles. The van der Waals surface area contributed by atoms with Crippen LogP contribution in [0.1, 0.15) is 18.9 Å². The molecular weight excluding hydrogens is 252 g/mol. The monoisotopic (exact) mass is 270 g/mol. The van der Waals surface area contributed by atoms with E-state index in [0.717, 1.165) is 5.56 Å². The number of carbonyl (C=O) groups excluding carboxylic acids is 1. The molecule has 0 aliphatic rings. The fourth-order valence-electron chi connectivity index (χ4n) is 1.47. The molecule has 0 aliphatic heterocycles. The molecule has 0 saturated carbocycles. The number of hydrogen-bond donors (Lipinski definition) is 3. The van der Waals surface area contributed by atoms with Crippen LogP contribution in [0.3, 0.4) is 0 Å². The van der Waals surface area contributed by atoms with E-state index in [4.69, 9.17) is 16.7 Å². The molecule has 0 bridgehead atoms. The van der Waals surface area contributed by atoms with Crippen molar-refractivity contribution < 1.29 is 9.90 Å². The molecule has 3 N–H and O–H groups in total. The van der Waals surface area contributed by atoms with E-state index in [1.807, 2.05) is 24.3 Å². The van der Waals surface area contributed by atoms with E-state index >= 15 is 0 Å². The normalized spacial score (nSPS) is 11.9. The van der Waals surface area contributed by atoms with Crippen LogP contribution in [0.15, 0.2) is 24.3 Å². The minimum Gasteiger partial charge on any atom is -0.393 e. The first-order chi connectivity index (χ1) is 8.59. The third-order valence-corrected chi connectivity index (χ3v) is 2.85. The van der Waals surface area contributed by atoms with Crippen molar-refractivity contribution in [3.8, 4) is 0 Å². The Bertz CT molecular complexity index is 383. The maximum atomic E-state index is 11.4. The number of benzene rings is 1. The van der Waals surface area contributed by atoms with Crippen molar-refractivity contribution in [2.75, 3.05) is 13.1 Å². The molecule has 18 heavy (non-hydrogen) atoms. The second-order valence-electron chi connectivity index (χ2n) is 4.16. The first kappa shape index (κ1) is 14.8. The Labute approximate surface area is 112 Å². The van der Waals surface area contributed by atoms with Crippen LogP contribution in [0.5, 0.6) is 0 Å². The van der Waals surface area contributed by atoms with Gasteiger partial charge in [-0.25, -0.2) is 4.79 Å². The summed E-state index contributed by atoms with van der Waals surface area (Å²) in [7, 11) is 0. The molecule has 0 saturated heterocycles. The summed E-state index contributed by atoms with van der Waals surface area (Å²) < 4.78 is 0. The van der Waals surface area contributed by atoms with Gasteiger partial charge in [0.05, 0.1) is 6.10 Å². The molecule has 100 valence electrons. The lowest BCUT2D eigenvalue weighted by Crippen LogP contribution is -2.37. The smallest absolute Gasteiger partial charge is 0.314 e. The number of aliphatic hydroxyl groups is 1. The Balaban J connectivity index is 2.18. The maximum Gasteiger partial charge on any atom is 0.314 e. The van der Waals surface area contributed by atoms with Gasteiger partial charge in [-0.15, -0.1) is 0 Å². The highest BCUT2D eigenvalue weighted by molar-refractivity contribution is 6.31. The molecule has 1 aromatic carbocycles. The Kier molecular flexibility index (Phi) is 6.54. The molecule has 1 atom stereocenters. The van der Waals surface area contributed by atoms with Crippen LogP contribution in [0.2, 0.25) is 5.02 Å². The van der Waals surface area contributed by atoms with Gasteiger partial charge in [-0.3, -0.25) is 0 Å². The highest BCUT2D eigenvalue weighted by atomic mass is 35.5. The molecule has 0 aromatic heterocycles. The highest BCUT2D eigenvalue weighted by Gasteiger charge is 2.02. The Hall–Kier alpha value is -1.26. The average Bonchev–Trinajstić information content (AvgIpc) is 2.31. The molecule has 0 fully saturated rings. The largest absolute Gasteiger partial charge is 0.393 e. The molecule has 1 rings (SSSR count). The van der Waals surface area contributed by atoms with E-state index in [0.29, 0.717) is 31.0 Å². The van der Waals surface area contributed by atoms with Gasteiger partial charge in [0.25, 0.3) is 0 Å². The van der Waals surface area contributed by atoms with Gasteiger partial charge in [-0.1, -0.05) is 29.8 Å². The van der Waals surface area contributed by atoms with Gasteiger partial charge in [0, 0.05) is 18.1 Å². The van der Waals surface area contributed by atoms with Gasteiger partial charge in [0.2, 0.25) is 0 Å². The van der Waals surface area contributed by atoms with Gasteiger partial charge in [-0.2, -0.15) is 0 Å². The molecule has 5 heteroatoms. The Morgan fingerprint density at radius 1 is 1.33 bits per heavy atom. The minimum atomic E-state index is -0.395. The van der Waals surface area contributed by atoms with Crippen LogP contribution in [0.4, 0.5) is 4.79 Å². The SMILES string of the molecule is CC(O)CCNC(=O)NCCc1ccccc1Cl. The van der Waals surface area contributed by atoms with E-state index in [1.165, 1.54) is 0 Å². The molecule has 0 heterocycles. The number of rotatable bonds is 6.